The maximum atomic E-state index is 13.1. The first-order valence-electron chi connectivity index (χ1n) is 9.95. The van der Waals surface area contributed by atoms with Gasteiger partial charge < -0.3 is 14.2 Å². The lowest BCUT2D eigenvalue weighted by molar-refractivity contribution is 0.0354. The van der Waals surface area contributed by atoms with Crippen molar-refractivity contribution in [2.24, 2.45) is 12.0 Å². The van der Waals surface area contributed by atoms with Gasteiger partial charge >= 0.3 is 0 Å². The maximum Gasteiger partial charge on any atom is 0.276 e. The van der Waals surface area contributed by atoms with Gasteiger partial charge in [-0.15, -0.1) is 0 Å². The molecule has 1 unspecified atom stereocenters. The first-order valence-corrected chi connectivity index (χ1v) is 9.95. The molecule has 0 radical (unpaired) electrons. The molecule has 1 atom stereocenters. The summed E-state index contributed by atoms with van der Waals surface area (Å²) in [4.78, 5) is 37.7. The number of hydrogen-bond donors (Lipinski definition) is 1. The van der Waals surface area contributed by atoms with Crippen LogP contribution in [-0.2, 0) is 11.9 Å². The number of nitrogens with one attached hydrogen (secondary N) is 1. The number of amidine groups is 1. The summed E-state index contributed by atoms with van der Waals surface area (Å²) in [6, 6.07) is 7.28. The maximum absolute atomic E-state index is 13.1. The van der Waals surface area contributed by atoms with Crippen molar-refractivity contribution >= 4 is 17.4 Å². The van der Waals surface area contributed by atoms with Crippen LogP contribution in [0.15, 0.2) is 54.0 Å². The molecule has 1 aliphatic heterocycles. The highest BCUT2D eigenvalue weighted by atomic mass is 16.7. The second-order valence-corrected chi connectivity index (χ2v) is 6.67. The summed E-state index contributed by atoms with van der Waals surface area (Å²) >= 11 is 0. The van der Waals surface area contributed by atoms with Crippen molar-refractivity contribution in [2.75, 3.05) is 18.1 Å². The van der Waals surface area contributed by atoms with Crippen molar-refractivity contribution in [3.05, 3.63) is 66.1 Å². The summed E-state index contributed by atoms with van der Waals surface area (Å²) in [5.41, 5.74) is 4.65. The number of hydroxylamine groups is 1. The van der Waals surface area contributed by atoms with E-state index < -0.39 is 6.23 Å². The number of pyridine rings is 2. The van der Waals surface area contributed by atoms with Crippen LogP contribution in [0.4, 0.5) is 5.69 Å². The molecule has 10 nitrogen and oxygen atoms in total. The zero-order valence-corrected chi connectivity index (χ0v) is 17.5. The van der Waals surface area contributed by atoms with E-state index in [1.807, 2.05) is 26.0 Å². The molecule has 160 valence electrons. The van der Waals surface area contributed by atoms with Crippen LogP contribution >= 0.6 is 0 Å². The number of carbonyl (C=O) groups excluding carboxylic acids is 1. The van der Waals surface area contributed by atoms with E-state index in [2.05, 4.69) is 25.4 Å². The van der Waals surface area contributed by atoms with Crippen LogP contribution in [0, 0.1) is 0 Å². The molecule has 1 amide bonds. The summed E-state index contributed by atoms with van der Waals surface area (Å²) in [6.45, 7) is 4.78. The average molecular weight is 421 g/mol. The predicted octanol–water partition coefficient (Wildman–Crippen LogP) is 2.26. The van der Waals surface area contributed by atoms with Crippen LogP contribution in [-0.4, -0.2) is 44.4 Å². The molecule has 4 heterocycles. The summed E-state index contributed by atoms with van der Waals surface area (Å²) in [5.74, 6) is 1.18. The third-order valence-corrected chi connectivity index (χ3v) is 4.80. The van der Waals surface area contributed by atoms with Gasteiger partial charge in [0.15, 0.2) is 11.7 Å². The Morgan fingerprint density at radius 1 is 1.23 bits per heavy atom. The van der Waals surface area contributed by atoms with Crippen LogP contribution in [0.1, 0.15) is 42.0 Å². The van der Waals surface area contributed by atoms with Gasteiger partial charge in [0.05, 0.1) is 30.3 Å². The largest absolute Gasteiger partial charge is 0.478 e. The molecule has 3 aromatic heterocycles. The van der Waals surface area contributed by atoms with Gasteiger partial charge in [-0.05, 0) is 38.1 Å². The van der Waals surface area contributed by atoms with E-state index in [1.165, 1.54) is 6.20 Å². The average Bonchev–Trinajstić information content (AvgIpc) is 3.42. The Labute approximate surface area is 179 Å². The van der Waals surface area contributed by atoms with E-state index in [0.717, 1.165) is 5.69 Å². The Bertz CT molecular complexity index is 1100. The third-order valence-electron chi connectivity index (χ3n) is 4.80. The van der Waals surface area contributed by atoms with Gasteiger partial charge in [0, 0.05) is 26.0 Å². The number of rotatable bonds is 7. The van der Waals surface area contributed by atoms with Crippen LogP contribution in [0.2, 0.25) is 0 Å². The van der Waals surface area contributed by atoms with Crippen molar-refractivity contribution in [1.29, 1.82) is 0 Å². The van der Waals surface area contributed by atoms with Crippen molar-refractivity contribution < 1.29 is 14.4 Å². The predicted molar refractivity (Wildman–Crippen MR) is 114 cm³/mol. The number of carbonyl (C=O) groups is 1. The van der Waals surface area contributed by atoms with Crippen molar-refractivity contribution in [1.82, 2.24) is 25.0 Å². The molecule has 1 aliphatic rings. The molecule has 0 fully saturated rings. The number of ether oxygens (including phenoxy) is 1. The minimum absolute atomic E-state index is 0.182. The lowest BCUT2D eigenvalue weighted by atomic mass is 10.2. The van der Waals surface area contributed by atoms with E-state index in [9.17, 15) is 4.79 Å². The highest BCUT2D eigenvalue weighted by molar-refractivity contribution is 6.06. The SMILES string of the molecule is CCOc1ncccc1C1N=C(c2ncc(C(=O)N(CC)c3cccnc3)n2C)NO1. The molecule has 0 spiro atoms. The molecule has 0 saturated heterocycles. The zero-order valence-electron chi connectivity index (χ0n) is 17.5. The minimum atomic E-state index is -0.636. The Kier molecular flexibility index (Phi) is 5.89. The van der Waals surface area contributed by atoms with Gasteiger partial charge in [-0.3, -0.25) is 9.78 Å². The Morgan fingerprint density at radius 3 is 2.81 bits per heavy atom. The Hall–Kier alpha value is -3.79. The molecule has 0 saturated carbocycles. The second kappa shape index (κ2) is 8.92. The molecular formula is C21H23N7O3. The van der Waals surface area contributed by atoms with Crippen LogP contribution in [0.5, 0.6) is 5.88 Å². The van der Waals surface area contributed by atoms with Gasteiger partial charge in [-0.25, -0.2) is 25.3 Å². The number of amides is 1. The van der Waals surface area contributed by atoms with Crippen molar-refractivity contribution in [3.63, 3.8) is 0 Å². The highest BCUT2D eigenvalue weighted by Gasteiger charge is 2.28. The van der Waals surface area contributed by atoms with Crippen LogP contribution in [0.3, 0.4) is 0 Å². The van der Waals surface area contributed by atoms with Crippen molar-refractivity contribution in [3.8, 4) is 5.88 Å². The van der Waals surface area contributed by atoms with Gasteiger partial charge in [0.1, 0.15) is 5.69 Å². The summed E-state index contributed by atoms with van der Waals surface area (Å²) < 4.78 is 7.25. The fourth-order valence-corrected chi connectivity index (χ4v) is 3.29. The molecule has 0 aliphatic carbocycles. The van der Waals surface area contributed by atoms with E-state index in [0.29, 0.717) is 41.9 Å². The first kappa shape index (κ1) is 20.5. The smallest absolute Gasteiger partial charge is 0.276 e. The number of aromatic nitrogens is 4. The monoisotopic (exact) mass is 421 g/mol. The van der Waals surface area contributed by atoms with E-state index in [1.54, 1.807) is 47.2 Å². The summed E-state index contributed by atoms with van der Waals surface area (Å²) in [5, 5.41) is 0. The molecule has 10 heteroatoms. The van der Waals surface area contributed by atoms with Gasteiger partial charge in [0.2, 0.25) is 12.1 Å². The van der Waals surface area contributed by atoms with E-state index in [4.69, 9.17) is 9.57 Å². The highest BCUT2D eigenvalue weighted by Crippen LogP contribution is 2.29. The molecule has 4 rings (SSSR count). The lowest BCUT2D eigenvalue weighted by Crippen LogP contribution is -2.32. The molecule has 0 bridgehead atoms. The summed E-state index contributed by atoms with van der Waals surface area (Å²) in [7, 11) is 1.76. The third kappa shape index (κ3) is 3.97. The van der Waals surface area contributed by atoms with Gasteiger partial charge in [-0.2, -0.15) is 0 Å². The first-order chi connectivity index (χ1) is 15.1. The molecular weight excluding hydrogens is 398 g/mol. The molecule has 1 N–H and O–H groups in total. The minimum Gasteiger partial charge on any atom is -0.478 e. The fraction of sp³-hybridized carbons (Fsp3) is 0.286. The number of nitrogens with zero attached hydrogens (tertiary/aromatic N) is 6. The summed E-state index contributed by atoms with van der Waals surface area (Å²) in [6.07, 6.45) is 5.88. The Balaban J connectivity index is 1.60. The quantitative estimate of drug-likeness (QED) is 0.623. The Morgan fingerprint density at radius 2 is 2.06 bits per heavy atom. The normalized spacial score (nSPS) is 15.3. The fourth-order valence-electron chi connectivity index (χ4n) is 3.29. The standard InChI is InChI=1S/C21H23N7O3/c1-4-28(14-8-6-10-22-12-14)21(29)16-13-24-18(27(16)3)17-25-20(31-26-17)15-9-7-11-23-19(15)30-5-2/h6-13,20H,4-5H2,1-3H3,(H,25,26). The second-order valence-electron chi connectivity index (χ2n) is 6.67. The van der Waals surface area contributed by atoms with E-state index >= 15 is 0 Å². The molecule has 0 aromatic carbocycles. The topological polar surface area (TPSA) is 107 Å². The lowest BCUT2D eigenvalue weighted by Gasteiger charge is -2.20. The van der Waals surface area contributed by atoms with Crippen LogP contribution < -0.4 is 15.1 Å². The van der Waals surface area contributed by atoms with Gasteiger partial charge in [0.25, 0.3) is 5.91 Å². The molecule has 31 heavy (non-hydrogen) atoms. The number of hydrogen-bond acceptors (Lipinski definition) is 8. The number of imidazole rings is 1. The zero-order chi connectivity index (χ0) is 21.8. The van der Waals surface area contributed by atoms with Gasteiger partial charge in [-0.1, -0.05) is 0 Å². The molecule has 3 aromatic rings. The number of aliphatic imine (C=N–C) groups is 1. The van der Waals surface area contributed by atoms with E-state index in [-0.39, 0.29) is 5.91 Å². The van der Waals surface area contributed by atoms with Crippen molar-refractivity contribution in [2.45, 2.75) is 20.1 Å². The van der Waals surface area contributed by atoms with Crippen LogP contribution in [0.25, 0.3) is 0 Å². The number of anilines is 1.